The fourth-order valence-electron chi connectivity index (χ4n) is 5.31. The molecule has 1 aromatic carbocycles. The number of rotatable bonds is 6. The number of amides is 1. The highest BCUT2D eigenvalue weighted by molar-refractivity contribution is 7.89. The first-order chi connectivity index (χ1) is 15.7. The van der Waals surface area contributed by atoms with E-state index in [1.807, 2.05) is 31.7 Å². The van der Waals surface area contributed by atoms with E-state index in [2.05, 4.69) is 16.5 Å². The average Bonchev–Trinajstić information content (AvgIpc) is 3.25. The minimum atomic E-state index is -3.81. The maximum atomic E-state index is 13.5. The summed E-state index contributed by atoms with van der Waals surface area (Å²) >= 11 is 0. The molecule has 7 nitrogen and oxygen atoms in total. The zero-order chi connectivity index (χ0) is 23.8. The molecule has 3 heterocycles. The van der Waals surface area contributed by atoms with Crippen LogP contribution in [0.25, 0.3) is 11.0 Å². The summed E-state index contributed by atoms with van der Waals surface area (Å²) < 4.78 is 36.0. The van der Waals surface area contributed by atoms with Gasteiger partial charge < -0.3 is 9.32 Å². The number of hydrogen-bond acceptors (Lipinski definition) is 5. The first kappa shape index (κ1) is 24.2. The monoisotopic (exact) mass is 475 g/mol. The van der Waals surface area contributed by atoms with Gasteiger partial charge in [0.1, 0.15) is 4.90 Å². The average molecular weight is 476 g/mol. The molecule has 2 fully saturated rings. The third-order valence-corrected chi connectivity index (χ3v) is 9.04. The van der Waals surface area contributed by atoms with Crippen molar-refractivity contribution in [3.05, 3.63) is 28.5 Å². The summed E-state index contributed by atoms with van der Waals surface area (Å²) in [7, 11) is -3.81. The number of sulfonamides is 1. The third-order valence-electron chi connectivity index (χ3n) is 7.46. The maximum absolute atomic E-state index is 13.5. The van der Waals surface area contributed by atoms with Crippen LogP contribution in [0.15, 0.2) is 15.4 Å². The van der Waals surface area contributed by atoms with Gasteiger partial charge in [-0.25, -0.2) is 13.1 Å². The summed E-state index contributed by atoms with van der Waals surface area (Å²) in [6.45, 7) is 11.4. The van der Waals surface area contributed by atoms with Crippen LogP contribution in [0.5, 0.6) is 0 Å². The number of fused-ring (bicyclic) bond motifs is 1. The quantitative estimate of drug-likeness (QED) is 0.679. The number of nitrogens with one attached hydrogen (secondary N) is 1. The lowest BCUT2D eigenvalue weighted by atomic mass is 10.0. The second-order valence-corrected chi connectivity index (χ2v) is 11.3. The minimum absolute atomic E-state index is 0.137. The fourth-order valence-corrected chi connectivity index (χ4v) is 6.82. The predicted molar refractivity (Wildman–Crippen MR) is 130 cm³/mol. The molecule has 2 saturated heterocycles. The highest BCUT2D eigenvalue weighted by Gasteiger charge is 2.31. The van der Waals surface area contributed by atoms with E-state index < -0.39 is 10.0 Å². The largest absolute Gasteiger partial charge is 0.449 e. The number of hydrogen-bond donors (Lipinski definition) is 1. The molecule has 0 saturated carbocycles. The van der Waals surface area contributed by atoms with Gasteiger partial charge in [-0.05, 0) is 76.7 Å². The first-order valence-electron chi connectivity index (χ1n) is 12.3. The Morgan fingerprint density at radius 1 is 1.06 bits per heavy atom. The highest BCUT2D eigenvalue weighted by Crippen LogP contribution is 2.35. The van der Waals surface area contributed by atoms with Crippen LogP contribution in [0, 0.1) is 20.8 Å². The Labute approximate surface area is 197 Å². The maximum Gasteiger partial charge on any atom is 0.289 e. The SMILES string of the molecule is CCN1CCCC1CNS(=O)(=O)c1c(C)c(C)cc2c(C)c(C(=O)N3CCCCCC3)oc12. The highest BCUT2D eigenvalue weighted by atomic mass is 32.2. The molecule has 1 N–H and O–H groups in total. The lowest BCUT2D eigenvalue weighted by Gasteiger charge is -2.23. The molecule has 2 aliphatic heterocycles. The van der Waals surface area contributed by atoms with Crippen molar-refractivity contribution in [3.63, 3.8) is 0 Å². The van der Waals surface area contributed by atoms with E-state index in [0.717, 1.165) is 70.3 Å². The fraction of sp³-hybridized carbons (Fsp3) is 0.640. The van der Waals surface area contributed by atoms with Gasteiger partial charge in [-0.1, -0.05) is 19.8 Å². The summed E-state index contributed by atoms with van der Waals surface area (Å²) in [5.74, 6) is 0.128. The summed E-state index contributed by atoms with van der Waals surface area (Å²) in [4.78, 5) is 17.6. The molecule has 1 unspecified atom stereocenters. The van der Waals surface area contributed by atoms with E-state index in [1.54, 1.807) is 0 Å². The predicted octanol–water partition coefficient (Wildman–Crippen LogP) is 4.14. The molecule has 8 heteroatoms. The third kappa shape index (κ3) is 4.70. The van der Waals surface area contributed by atoms with E-state index in [4.69, 9.17) is 4.42 Å². The molecule has 0 radical (unpaired) electrons. The lowest BCUT2D eigenvalue weighted by molar-refractivity contribution is 0.0731. The van der Waals surface area contributed by atoms with E-state index in [1.165, 1.54) is 0 Å². The Kier molecular flexibility index (Phi) is 7.17. The smallest absolute Gasteiger partial charge is 0.289 e. The van der Waals surface area contributed by atoms with Crippen molar-refractivity contribution >= 4 is 26.9 Å². The molecular weight excluding hydrogens is 438 g/mol. The van der Waals surface area contributed by atoms with Gasteiger partial charge in [-0.15, -0.1) is 0 Å². The number of benzene rings is 1. The van der Waals surface area contributed by atoms with Gasteiger partial charge in [0, 0.05) is 36.6 Å². The molecule has 182 valence electrons. The summed E-state index contributed by atoms with van der Waals surface area (Å²) in [5.41, 5.74) is 2.54. The van der Waals surface area contributed by atoms with Crippen molar-refractivity contribution in [3.8, 4) is 0 Å². The van der Waals surface area contributed by atoms with Crippen LogP contribution in [0.3, 0.4) is 0 Å². The van der Waals surface area contributed by atoms with E-state index in [-0.39, 0.29) is 22.6 Å². The Morgan fingerprint density at radius 2 is 1.76 bits per heavy atom. The Morgan fingerprint density at radius 3 is 2.42 bits per heavy atom. The zero-order valence-corrected chi connectivity index (χ0v) is 21.2. The van der Waals surface area contributed by atoms with Crippen molar-refractivity contribution in [2.75, 3.05) is 32.7 Å². The van der Waals surface area contributed by atoms with Gasteiger partial charge in [-0.2, -0.15) is 0 Å². The van der Waals surface area contributed by atoms with Crippen molar-refractivity contribution < 1.29 is 17.6 Å². The minimum Gasteiger partial charge on any atom is -0.449 e. The zero-order valence-electron chi connectivity index (χ0n) is 20.4. The number of furan rings is 1. The molecule has 0 aliphatic carbocycles. The first-order valence-corrected chi connectivity index (χ1v) is 13.8. The Hall–Kier alpha value is -1.90. The topological polar surface area (TPSA) is 82.9 Å². The van der Waals surface area contributed by atoms with Crippen molar-refractivity contribution in [2.24, 2.45) is 0 Å². The van der Waals surface area contributed by atoms with Crippen molar-refractivity contribution in [2.45, 2.75) is 77.2 Å². The molecule has 1 amide bonds. The molecular formula is C25H37N3O4S. The van der Waals surface area contributed by atoms with Crippen LogP contribution in [0.4, 0.5) is 0 Å². The van der Waals surface area contributed by atoms with Gasteiger partial charge in [0.2, 0.25) is 10.0 Å². The van der Waals surface area contributed by atoms with Crippen LogP contribution < -0.4 is 4.72 Å². The Balaban J connectivity index is 1.71. The van der Waals surface area contributed by atoms with Crippen LogP contribution in [-0.4, -0.2) is 62.9 Å². The summed E-state index contributed by atoms with van der Waals surface area (Å²) in [5, 5.41) is 0.702. The molecule has 2 aromatic rings. The van der Waals surface area contributed by atoms with Gasteiger partial charge in [0.25, 0.3) is 5.91 Å². The molecule has 0 spiro atoms. The summed E-state index contributed by atoms with van der Waals surface area (Å²) in [6, 6.07) is 2.15. The number of carbonyl (C=O) groups excluding carboxylic acids is 1. The second-order valence-electron chi connectivity index (χ2n) is 9.56. The molecule has 1 atom stereocenters. The summed E-state index contributed by atoms with van der Waals surface area (Å²) in [6.07, 6.45) is 6.32. The Bertz CT molecular complexity index is 1130. The van der Waals surface area contributed by atoms with E-state index >= 15 is 0 Å². The van der Waals surface area contributed by atoms with Gasteiger partial charge >= 0.3 is 0 Å². The molecule has 1 aromatic heterocycles. The standard InChI is InChI=1S/C25H37N3O4S/c1-5-27-14-10-11-20(27)16-26-33(30,31)24-18(3)17(2)15-21-19(4)22(32-23(21)24)25(29)28-12-8-6-7-9-13-28/h15,20,26H,5-14,16H2,1-4H3. The molecule has 0 bridgehead atoms. The molecule has 2 aliphatic rings. The lowest BCUT2D eigenvalue weighted by Crippen LogP contribution is -2.40. The molecule has 4 rings (SSSR count). The number of nitrogens with zero attached hydrogens (tertiary/aromatic N) is 2. The second kappa shape index (κ2) is 9.76. The van der Waals surface area contributed by atoms with Crippen molar-refractivity contribution in [1.29, 1.82) is 0 Å². The van der Waals surface area contributed by atoms with Crippen LogP contribution in [-0.2, 0) is 10.0 Å². The van der Waals surface area contributed by atoms with Crippen LogP contribution in [0.2, 0.25) is 0 Å². The van der Waals surface area contributed by atoms with E-state index in [9.17, 15) is 13.2 Å². The van der Waals surface area contributed by atoms with Crippen molar-refractivity contribution in [1.82, 2.24) is 14.5 Å². The number of carbonyl (C=O) groups is 1. The normalized spacial score (nSPS) is 20.5. The van der Waals surface area contributed by atoms with Crippen LogP contribution in [0.1, 0.15) is 72.7 Å². The van der Waals surface area contributed by atoms with Gasteiger partial charge in [-0.3, -0.25) is 9.69 Å². The van der Waals surface area contributed by atoms with E-state index in [0.29, 0.717) is 28.6 Å². The molecule has 33 heavy (non-hydrogen) atoms. The van der Waals surface area contributed by atoms with Gasteiger partial charge in [0.15, 0.2) is 11.3 Å². The van der Waals surface area contributed by atoms with Crippen LogP contribution >= 0.6 is 0 Å². The number of aryl methyl sites for hydroxylation is 2. The van der Waals surface area contributed by atoms with Gasteiger partial charge in [0.05, 0.1) is 0 Å². The number of likely N-dealkylation sites (N-methyl/N-ethyl adjacent to an activating group) is 1. The number of likely N-dealkylation sites (tertiary alicyclic amines) is 2.